The van der Waals surface area contributed by atoms with Crippen molar-refractivity contribution in [1.82, 2.24) is 0 Å². The summed E-state index contributed by atoms with van der Waals surface area (Å²) in [7, 11) is -3.65. The van der Waals surface area contributed by atoms with Gasteiger partial charge in [0.1, 0.15) is 0 Å². The van der Waals surface area contributed by atoms with Gasteiger partial charge >= 0.3 is 0 Å². The van der Waals surface area contributed by atoms with E-state index in [0.717, 1.165) is 8.78 Å². The molecule has 0 unspecified atom stereocenters. The average Bonchev–Trinajstić information content (AvgIpc) is 2.75. The molecule has 1 aliphatic heterocycles. The lowest BCUT2D eigenvalue weighted by molar-refractivity contribution is -0.119. The van der Waals surface area contributed by atoms with Crippen LogP contribution in [-0.2, 0) is 14.8 Å². The molecule has 0 bridgehead atoms. The van der Waals surface area contributed by atoms with Crippen LogP contribution < -0.4 is 9.62 Å². The summed E-state index contributed by atoms with van der Waals surface area (Å²) in [5.41, 5.74) is 1.24. The highest BCUT2D eigenvalue weighted by Gasteiger charge is 2.41. The van der Waals surface area contributed by atoms with E-state index in [1.165, 1.54) is 24.3 Å². The zero-order chi connectivity index (χ0) is 18.2. The van der Waals surface area contributed by atoms with E-state index < -0.39 is 21.8 Å². The van der Waals surface area contributed by atoms with Gasteiger partial charge in [0.2, 0.25) is 15.9 Å². The third kappa shape index (κ3) is 3.59. The molecule has 1 aliphatic rings. The molecule has 8 heteroatoms. The van der Waals surface area contributed by atoms with Crippen LogP contribution >= 0.6 is 15.9 Å². The molecular weight excluding hydrogens is 408 g/mol. The summed E-state index contributed by atoms with van der Waals surface area (Å²) < 4.78 is 25.8. The number of sulfonamides is 1. The first-order chi connectivity index (χ1) is 11.8. The van der Waals surface area contributed by atoms with Gasteiger partial charge in [0, 0.05) is 15.7 Å². The molecule has 1 atom stereocenters. The lowest BCUT2D eigenvalue weighted by atomic mass is 10.1. The second kappa shape index (κ2) is 6.61. The van der Waals surface area contributed by atoms with E-state index in [4.69, 9.17) is 0 Å². The van der Waals surface area contributed by atoms with Gasteiger partial charge < -0.3 is 5.32 Å². The monoisotopic (exact) mass is 422 g/mol. The number of halogens is 1. The highest BCUT2D eigenvalue weighted by atomic mass is 79.9. The number of anilines is 2. The Hall–Kier alpha value is -2.19. The van der Waals surface area contributed by atoms with E-state index >= 15 is 0 Å². The Bertz CT molecular complexity index is 941. The molecule has 3 rings (SSSR count). The third-order valence-electron chi connectivity index (χ3n) is 3.81. The summed E-state index contributed by atoms with van der Waals surface area (Å²) in [5.74, 6) is -1.54. The Morgan fingerprint density at radius 3 is 2.44 bits per heavy atom. The molecule has 0 aliphatic carbocycles. The zero-order valence-electron chi connectivity index (χ0n) is 13.3. The molecule has 25 heavy (non-hydrogen) atoms. The molecule has 0 aromatic heterocycles. The van der Waals surface area contributed by atoms with Crippen LogP contribution in [0.5, 0.6) is 0 Å². The molecule has 2 aromatic rings. The van der Waals surface area contributed by atoms with Crippen LogP contribution in [0, 0.1) is 5.92 Å². The van der Waals surface area contributed by atoms with Crippen LogP contribution in [0.1, 0.15) is 17.3 Å². The van der Waals surface area contributed by atoms with Gasteiger partial charge in [-0.25, -0.2) is 12.7 Å². The van der Waals surface area contributed by atoms with Gasteiger partial charge in [-0.05, 0) is 42.5 Å². The van der Waals surface area contributed by atoms with Crippen LogP contribution in [-0.4, -0.2) is 26.0 Å². The van der Waals surface area contributed by atoms with Crippen LogP contribution in [0.4, 0.5) is 11.4 Å². The Kier molecular flexibility index (Phi) is 4.66. The summed E-state index contributed by atoms with van der Waals surface area (Å²) in [6.45, 7) is 1.58. The summed E-state index contributed by atoms with van der Waals surface area (Å²) in [5, 5.41) is 2.75. The molecule has 1 heterocycles. The molecular formula is C17H15BrN2O4S. The number of rotatable bonds is 3. The lowest BCUT2D eigenvalue weighted by Crippen LogP contribution is -2.30. The molecule has 1 fully saturated rings. The van der Waals surface area contributed by atoms with Gasteiger partial charge in [-0.1, -0.05) is 28.9 Å². The second-order valence-corrected chi connectivity index (χ2v) is 8.57. The topological polar surface area (TPSA) is 83.6 Å². The normalized spacial score (nSPS) is 19.0. The fraction of sp³-hybridized carbons (Fsp3) is 0.176. The molecule has 0 spiro atoms. The Morgan fingerprint density at radius 1 is 1.20 bits per heavy atom. The predicted octanol–water partition coefficient (Wildman–Crippen LogP) is 3.01. The van der Waals surface area contributed by atoms with Gasteiger partial charge in [0.15, 0.2) is 0 Å². The maximum atomic E-state index is 12.3. The standard InChI is InChI=1S/C17H15BrN2O4S/c1-11-10-25(23,24)20(17(11)22)15-7-5-12(6-8-15)16(21)19-14-4-2-3-13(18)9-14/h2-9,11H,10H2,1H3,(H,19,21)/t11-/m1/s1. The van der Waals surface area contributed by atoms with Gasteiger partial charge in [0.25, 0.3) is 5.91 Å². The number of nitrogens with one attached hydrogen (secondary N) is 1. The lowest BCUT2D eigenvalue weighted by Gasteiger charge is -2.15. The fourth-order valence-electron chi connectivity index (χ4n) is 2.60. The van der Waals surface area contributed by atoms with Crippen LogP contribution in [0.25, 0.3) is 0 Å². The number of amides is 2. The number of hydrogen-bond acceptors (Lipinski definition) is 4. The first-order valence-electron chi connectivity index (χ1n) is 7.52. The van der Waals surface area contributed by atoms with Crippen molar-refractivity contribution in [1.29, 1.82) is 0 Å². The van der Waals surface area contributed by atoms with Crippen molar-refractivity contribution < 1.29 is 18.0 Å². The summed E-state index contributed by atoms with van der Waals surface area (Å²) >= 11 is 3.33. The number of nitrogens with zero attached hydrogens (tertiary/aromatic N) is 1. The summed E-state index contributed by atoms with van der Waals surface area (Å²) in [4.78, 5) is 24.4. The smallest absolute Gasteiger partial charge is 0.255 e. The molecule has 2 aromatic carbocycles. The molecule has 1 N–H and O–H groups in total. The maximum absolute atomic E-state index is 12.3. The first-order valence-corrected chi connectivity index (χ1v) is 9.92. The molecule has 0 radical (unpaired) electrons. The van der Waals surface area contributed by atoms with E-state index in [9.17, 15) is 18.0 Å². The van der Waals surface area contributed by atoms with Gasteiger partial charge in [-0.2, -0.15) is 0 Å². The highest BCUT2D eigenvalue weighted by molar-refractivity contribution is 9.10. The summed E-state index contributed by atoms with van der Waals surface area (Å²) in [6, 6.07) is 13.1. The van der Waals surface area contributed by atoms with E-state index in [1.54, 1.807) is 25.1 Å². The number of carbonyl (C=O) groups excluding carboxylic acids is 2. The van der Waals surface area contributed by atoms with E-state index in [1.807, 2.05) is 6.07 Å². The number of benzene rings is 2. The predicted molar refractivity (Wildman–Crippen MR) is 99.0 cm³/mol. The van der Waals surface area contributed by atoms with E-state index in [-0.39, 0.29) is 17.3 Å². The minimum absolute atomic E-state index is 0.197. The van der Waals surface area contributed by atoms with Crippen molar-refractivity contribution in [3.63, 3.8) is 0 Å². The Morgan fingerprint density at radius 2 is 1.88 bits per heavy atom. The first kappa shape index (κ1) is 17.6. The minimum atomic E-state index is -3.65. The zero-order valence-corrected chi connectivity index (χ0v) is 15.7. The average molecular weight is 423 g/mol. The number of hydrogen-bond donors (Lipinski definition) is 1. The van der Waals surface area contributed by atoms with Crippen LogP contribution in [0.3, 0.4) is 0 Å². The Balaban J connectivity index is 1.81. The van der Waals surface area contributed by atoms with Crippen molar-refractivity contribution in [2.75, 3.05) is 15.4 Å². The van der Waals surface area contributed by atoms with Crippen LogP contribution in [0.15, 0.2) is 53.0 Å². The maximum Gasteiger partial charge on any atom is 0.255 e. The summed E-state index contributed by atoms with van der Waals surface area (Å²) in [6.07, 6.45) is 0. The molecule has 6 nitrogen and oxygen atoms in total. The molecule has 2 amide bonds. The molecule has 0 saturated carbocycles. The van der Waals surface area contributed by atoms with Gasteiger partial charge in [-0.15, -0.1) is 0 Å². The largest absolute Gasteiger partial charge is 0.322 e. The van der Waals surface area contributed by atoms with Crippen molar-refractivity contribution in [3.05, 3.63) is 58.6 Å². The highest BCUT2D eigenvalue weighted by Crippen LogP contribution is 2.28. The third-order valence-corrected chi connectivity index (χ3v) is 6.17. The SMILES string of the molecule is C[C@@H]1CS(=O)(=O)N(c2ccc(C(=O)Nc3cccc(Br)c3)cc2)C1=O. The Labute approximate surface area is 154 Å². The van der Waals surface area contributed by atoms with Crippen molar-refractivity contribution in [3.8, 4) is 0 Å². The van der Waals surface area contributed by atoms with Gasteiger partial charge in [-0.3, -0.25) is 9.59 Å². The molecule has 130 valence electrons. The molecule has 1 saturated heterocycles. The van der Waals surface area contributed by atoms with E-state index in [2.05, 4.69) is 21.2 Å². The minimum Gasteiger partial charge on any atom is -0.322 e. The van der Waals surface area contributed by atoms with E-state index in [0.29, 0.717) is 11.3 Å². The van der Waals surface area contributed by atoms with Crippen molar-refractivity contribution in [2.24, 2.45) is 5.92 Å². The van der Waals surface area contributed by atoms with Gasteiger partial charge in [0.05, 0.1) is 17.4 Å². The second-order valence-electron chi connectivity index (χ2n) is 5.79. The van der Waals surface area contributed by atoms with Crippen molar-refractivity contribution >= 4 is 49.1 Å². The number of carbonyl (C=O) groups is 2. The fourth-order valence-corrected chi connectivity index (χ4v) is 4.82. The van der Waals surface area contributed by atoms with Crippen LogP contribution in [0.2, 0.25) is 0 Å². The quantitative estimate of drug-likeness (QED) is 0.823. The van der Waals surface area contributed by atoms with Crippen molar-refractivity contribution in [2.45, 2.75) is 6.92 Å².